The summed E-state index contributed by atoms with van der Waals surface area (Å²) in [5.74, 6) is -2.29. The van der Waals surface area contributed by atoms with Crippen molar-refractivity contribution >= 4 is 11.8 Å². The zero-order valence-corrected chi connectivity index (χ0v) is 10.6. The van der Waals surface area contributed by atoms with E-state index >= 15 is 0 Å². The summed E-state index contributed by atoms with van der Waals surface area (Å²) in [7, 11) is 0. The van der Waals surface area contributed by atoms with E-state index in [4.69, 9.17) is 5.11 Å². The molecule has 0 saturated carbocycles. The molecule has 0 spiro atoms. The van der Waals surface area contributed by atoms with E-state index in [2.05, 4.69) is 0 Å². The Kier molecular flexibility index (Phi) is 3.76. The first-order valence-electron chi connectivity index (χ1n) is 6.10. The van der Waals surface area contributed by atoms with Gasteiger partial charge in [-0.2, -0.15) is 0 Å². The lowest BCUT2D eigenvalue weighted by Gasteiger charge is -2.12. The van der Waals surface area contributed by atoms with Crippen LogP contribution in [0.5, 0.6) is 0 Å². The molecule has 0 fully saturated rings. The van der Waals surface area contributed by atoms with Crippen LogP contribution in [0.1, 0.15) is 22.8 Å². The molecule has 0 aliphatic heterocycles. The van der Waals surface area contributed by atoms with Gasteiger partial charge in [0, 0.05) is 5.56 Å². The average Bonchev–Trinajstić information content (AvgIpc) is 2.46. The number of Topliss-reactive ketones (excluding diaryl/α,β-unsaturated/α-hetero) is 1. The molecular formula is C16H14O3. The molecule has 0 aliphatic rings. The van der Waals surface area contributed by atoms with E-state index < -0.39 is 11.8 Å². The Bertz CT molecular complexity index is 615. The summed E-state index contributed by atoms with van der Waals surface area (Å²) in [4.78, 5) is 22.7. The van der Waals surface area contributed by atoms with Crippen LogP contribution in [0, 0.1) is 0 Å². The standard InChI is InChI=1S/C16H14O3/c1-2-11-9-6-10-13(15(17)16(18)19)14(11)12-7-4-3-5-8-12/h3-10H,2H2,1H3,(H,18,19). The number of hydrogen-bond acceptors (Lipinski definition) is 2. The number of carbonyl (C=O) groups excluding carboxylic acids is 1. The minimum absolute atomic E-state index is 0.248. The van der Waals surface area contributed by atoms with Gasteiger partial charge in [-0.3, -0.25) is 4.79 Å². The molecule has 0 radical (unpaired) electrons. The first-order chi connectivity index (χ1) is 9.15. The van der Waals surface area contributed by atoms with Gasteiger partial charge in [-0.25, -0.2) is 4.79 Å². The summed E-state index contributed by atoms with van der Waals surface area (Å²) < 4.78 is 0. The van der Waals surface area contributed by atoms with E-state index in [1.54, 1.807) is 12.1 Å². The van der Waals surface area contributed by atoms with Gasteiger partial charge in [-0.15, -0.1) is 0 Å². The van der Waals surface area contributed by atoms with Crippen molar-refractivity contribution < 1.29 is 14.7 Å². The van der Waals surface area contributed by atoms with E-state index in [0.29, 0.717) is 0 Å². The number of carboxylic acid groups (broad SMARTS) is 1. The predicted octanol–water partition coefficient (Wildman–Crippen LogP) is 3.18. The fourth-order valence-corrected chi connectivity index (χ4v) is 2.14. The van der Waals surface area contributed by atoms with Crippen molar-refractivity contribution in [3.05, 3.63) is 59.7 Å². The Balaban J connectivity index is 2.69. The summed E-state index contributed by atoms with van der Waals surface area (Å²) in [6.45, 7) is 1.98. The quantitative estimate of drug-likeness (QED) is 0.673. The molecule has 3 nitrogen and oxygen atoms in total. The van der Waals surface area contributed by atoms with Crippen LogP contribution in [-0.2, 0) is 11.2 Å². The number of carbonyl (C=O) groups is 2. The number of aryl methyl sites for hydroxylation is 1. The zero-order valence-electron chi connectivity index (χ0n) is 10.6. The van der Waals surface area contributed by atoms with Crippen LogP contribution in [0.3, 0.4) is 0 Å². The van der Waals surface area contributed by atoms with Crippen LogP contribution >= 0.6 is 0 Å². The maximum atomic E-state index is 11.8. The van der Waals surface area contributed by atoms with Crippen LogP contribution in [0.4, 0.5) is 0 Å². The number of aliphatic carboxylic acids is 1. The molecular weight excluding hydrogens is 240 g/mol. The molecule has 2 rings (SSSR count). The van der Waals surface area contributed by atoms with Crippen LogP contribution in [0.25, 0.3) is 11.1 Å². The summed E-state index contributed by atoms with van der Waals surface area (Å²) in [6.07, 6.45) is 0.741. The third-order valence-electron chi connectivity index (χ3n) is 3.03. The highest BCUT2D eigenvalue weighted by molar-refractivity contribution is 6.41. The van der Waals surface area contributed by atoms with Crippen LogP contribution < -0.4 is 0 Å². The van der Waals surface area contributed by atoms with Crippen LogP contribution in [0.15, 0.2) is 48.5 Å². The highest BCUT2D eigenvalue weighted by Gasteiger charge is 2.20. The maximum Gasteiger partial charge on any atom is 0.377 e. The third-order valence-corrected chi connectivity index (χ3v) is 3.03. The first kappa shape index (κ1) is 13.0. The van der Waals surface area contributed by atoms with Crippen molar-refractivity contribution in [1.29, 1.82) is 0 Å². The molecule has 0 bridgehead atoms. The topological polar surface area (TPSA) is 54.4 Å². The molecule has 0 atom stereocenters. The molecule has 3 heteroatoms. The lowest BCUT2D eigenvalue weighted by molar-refractivity contribution is -0.131. The van der Waals surface area contributed by atoms with Crippen LogP contribution in [0.2, 0.25) is 0 Å². The van der Waals surface area contributed by atoms with Gasteiger partial charge in [0.15, 0.2) is 0 Å². The predicted molar refractivity (Wildman–Crippen MR) is 73.2 cm³/mol. The number of rotatable bonds is 4. The minimum Gasteiger partial charge on any atom is -0.475 e. The Morgan fingerprint density at radius 2 is 1.68 bits per heavy atom. The van der Waals surface area contributed by atoms with Crippen molar-refractivity contribution in [1.82, 2.24) is 0 Å². The van der Waals surface area contributed by atoms with Gasteiger partial charge in [0.1, 0.15) is 0 Å². The molecule has 1 N–H and O–H groups in total. The monoisotopic (exact) mass is 254 g/mol. The Morgan fingerprint density at radius 1 is 1.00 bits per heavy atom. The molecule has 0 heterocycles. The lowest BCUT2D eigenvalue weighted by atomic mass is 9.91. The summed E-state index contributed by atoms with van der Waals surface area (Å²) in [5, 5.41) is 8.92. The first-order valence-corrected chi connectivity index (χ1v) is 6.10. The van der Waals surface area contributed by atoms with E-state index in [1.165, 1.54) is 0 Å². The van der Waals surface area contributed by atoms with Gasteiger partial charge in [0.25, 0.3) is 5.78 Å². The summed E-state index contributed by atoms with van der Waals surface area (Å²) in [6, 6.07) is 14.6. The van der Waals surface area contributed by atoms with E-state index in [0.717, 1.165) is 23.1 Å². The zero-order chi connectivity index (χ0) is 13.8. The number of carboxylic acids is 1. The van der Waals surface area contributed by atoms with E-state index in [9.17, 15) is 9.59 Å². The second-order valence-electron chi connectivity index (χ2n) is 4.19. The highest BCUT2D eigenvalue weighted by atomic mass is 16.4. The number of ketones is 1. The van der Waals surface area contributed by atoms with Gasteiger partial charge in [0.05, 0.1) is 0 Å². The van der Waals surface area contributed by atoms with Gasteiger partial charge in [0.2, 0.25) is 0 Å². The maximum absolute atomic E-state index is 11.8. The highest BCUT2D eigenvalue weighted by Crippen LogP contribution is 2.28. The van der Waals surface area contributed by atoms with Crippen molar-refractivity contribution in [2.45, 2.75) is 13.3 Å². The molecule has 0 unspecified atom stereocenters. The normalized spacial score (nSPS) is 10.2. The third kappa shape index (κ3) is 2.55. The number of benzene rings is 2. The number of hydrogen-bond donors (Lipinski definition) is 1. The second-order valence-corrected chi connectivity index (χ2v) is 4.19. The van der Waals surface area contributed by atoms with Crippen molar-refractivity contribution in [3.8, 4) is 11.1 Å². The largest absolute Gasteiger partial charge is 0.475 e. The van der Waals surface area contributed by atoms with E-state index in [1.807, 2.05) is 43.3 Å². The summed E-state index contributed by atoms with van der Waals surface area (Å²) in [5.41, 5.74) is 2.80. The SMILES string of the molecule is CCc1cccc(C(=O)C(=O)O)c1-c1ccccc1. The van der Waals surface area contributed by atoms with Gasteiger partial charge in [-0.05, 0) is 23.1 Å². The fourth-order valence-electron chi connectivity index (χ4n) is 2.14. The Morgan fingerprint density at radius 3 is 2.26 bits per heavy atom. The molecule has 0 saturated heterocycles. The average molecular weight is 254 g/mol. The van der Waals surface area contributed by atoms with Crippen molar-refractivity contribution in [3.63, 3.8) is 0 Å². The smallest absolute Gasteiger partial charge is 0.377 e. The molecule has 0 aliphatic carbocycles. The van der Waals surface area contributed by atoms with Gasteiger partial charge < -0.3 is 5.11 Å². The molecule has 0 amide bonds. The Hall–Kier alpha value is -2.42. The van der Waals surface area contributed by atoms with Crippen LogP contribution in [-0.4, -0.2) is 16.9 Å². The van der Waals surface area contributed by atoms with Crippen molar-refractivity contribution in [2.75, 3.05) is 0 Å². The van der Waals surface area contributed by atoms with E-state index in [-0.39, 0.29) is 5.56 Å². The van der Waals surface area contributed by atoms with Crippen molar-refractivity contribution in [2.24, 2.45) is 0 Å². The molecule has 2 aromatic carbocycles. The van der Waals surface area contributed by atoms with Gasteiger partial charge >= 0.3 is 5.97 Å². The molecule has 19 heavy (non-hydrogen) atoms. The minimum atomic E-state index is -1.43. The molecule has 96 valence electrons. The summed E-state index contributed by atoms with van der Waals surface area (Å²) >= 11 is 0. The second kappa shape index (κ2) is 5.48. The molecule has 0 aromatic heterocycles. The Labute approximate surface area is 111 Å². The molecule has 2 aromatic rings. The van der Waals surface area contributed by atoms with Gasteiger partial charge in [-0.1, -0.05) is 55.5 Å². The fraction of sp³-hybridized carbons (Fsp3) is 0.125. The lowest BCUT2D eigenvalue weighted by Crippen LogP contribution is -2.14.